The Morgan fingerprint density at radius 2 is 2.38 bits per heavy atom. The number of hydrogen-bond acceptors (Lipinski definition) is 3. The second kappa shape index (κ2) is 2.80. The van der Waals surface area contributed by atoms with E-state index < -0.39 is 0 Å². The zero-order valence-electron chi connectivity index (χ0n) is 7.91. The second-order valence-electron chi connectivity index (χ2n) is 3.74. The van der Waals surface area contributed by atoms with E-state index >= 15 is 0 Å². The smallest absolute Gasteiger partial charge is 0.231 e. The van der Waals surface area contributed by atoms with Gasteiger partial charge in [0.25, 0.3) is 0 Å². The van der Waals surface area contributed by atoms with Crippen LogP contribution in [0.1, 0.15) is 20.3 Å². The zero-order valence-corrected chi connectivity index (χ0v) is 7.91. The molecule has 2 aliphatic rings. The van der Waals surface area contributed by atoms with Crippen LogP contribution in [0.25, 0.3) is 0 Å². The van der Waals surface area contributed by atoms with Gasteiger partial charge in [-0.05, 0) is 13.3 Å². The molecule has 13 heavy (non-hydrogen) atoms. The third kappa shape index (κ3) is 1.01. The average Bonchev–Trinajstić information content (AvgIpc) is 2.45. The van der Waals surface area contributed by atoms with Gasteiger partial charge in [0, 0.05) is 6.54 Å². The number of rotatable bonds is 2. The maximum absolute atomic E-state index is 11.5. The summed E-state index contributed by atoms with van der Waals surface area (Å²) in [5, 5.41) is 3.20. The molecule has 1 N–H and O–H groups in total. The first-order valence-corrected chi connectivity index (χ1v) is 4.72. The van der Waals surface area contributed by atoms with Gasteiger partial charge >= 0.3 is 0 Å². The van der Waals surface area contributed by atoms with Crippen molar-refractivity contribution in [3.05, 3.63) is 0 Å². The highest BCUT2D eigenvalue weighted by molar-refractivity contribution is 5.93. The third-order valence-electron chi connectivity index (χ3n) is 3.02. The molecule has 72 valence electrons. The Morgan fingerprint density at radius 3 is 2.92 bits per heavy atom. The summed E-state index contributed by atoms with van der Waals surface area (Å²) in [4.78, 5) is 24.4. The zero-order chi connectivity index (χ0) is 9.59. The number of amides is 1. The fourth-order valence-electron chi connectivity index (χ4n) is 2.23. The highest BCUT2D eigenvalue weighted by Crippen LogP contribution is 2.33. The first kappa shape index (κ1) is 8.69. The third-order valence-corrected chi connectivity index (χ3v) is 3.02. The molecule has 2 saturated heterocycles. The van der Waals surface area contributed by atoms with Crippen LogP contribution >= 0.6 is 0 Å². The monoisotopic (exact) mass is 182 g/mol. The molecule has 0 aromatic carbocycles. The number of nitrogens with zero attached hydrogens (tertiary/aromatic N) is 1. The molecule has 0 saturated carbocycles. The first-order valence-electron chi connectivity index (χ1n) is 4.72. The Balaban J connectivity index is 2.12. The number of carbonyl (C=O) groups excluding carboxylic acids is 2. The molecule has 4 nitrogen and oxygen atoms in total. The standard InChI is InChI=1S/C9H14N2O2/c1-3-6-8-10-4-7(5(2)12)11(8)9(6)13/h6-8,10H,3-4H2,1-2H3. The maximum atomic E-state index is 11.5. The van der Waals surface area contributed by atoms with Crippen LogP contribution in [0.4, 0.5) is 0 Å². The lowest BCUT2D eigenvalue weighted by molar-refractivity contribution is -0.159. The van der Waals surface area contributed by atoms with Crippen molar-refractivity contribution in [3.8, 4) is 0 Å². The van der Waals surface area contributed by atoms with Gasteiger partial charge in [0.2, 0.25) is 5.91 Å². The summed E-state index contributed by atoms with van der Waals surface area (Å²) >= 11 is 0. The van der Waals surface area contributed by atoms with Crippen molar-refractivity contribution in [2.75, 3.05) is 6.54 Å². The number of ketones is 1. The average molecular weight is 182 g/mol. The quantitative estimate of drug-likeness (QED) is 0.599. The molecule has 2 fully saturated rings. The number of nitrogens with one attached hydrogen (secondary N) is 1. The van der Waals surface area contributed by atoms with Gasteiger partial charge in [-0.25, -0.2) is 0 Å². The molecule has 3 unspecified atom stereocenters. The SMILES string of the molecule is CCC1C(=O)N2C(C(C)=O)CNC12. The number of hydrogen-bond donors (Lipinski definition) is 1. The molecule has 2 rings (SSSR count). The summed E-state index contributed by atoms with van der Waals surface area (Å²) in [6.45, 7) is 4.17. The summed E-state index contributed by atoms with van der Waals surface area (Å²) in [5.74, 6) is 0.319. The molecule has 2 heterocycles. The van der Waals surface area contributed by atoms with E-state index in [0.717, 1.165) is 6.42 Å². The lowest BCUT2D eigenvalue weighted by atomic mass is 9.91. The van der Waals surface area contributed by atoms with Gasteiger partial charge in [-0.1, -0.05) is 6.92 Å². The van der Waals surface area contributed by atoms with Crippen LogP contribution in [0.2, 0.25) is 0 Å². The van der Waals surface area contributed by atoms with Crippen LogP contribution in [-0.2, 0) is 9.59 Å². The number of Topliss-reactive ketones (excluding diaryl/α,β-unsaturated/α-hetero) is 1. The van der Waals surface area contributed by atoms with Crippen molar-refractivity contribution < 1.29 is 9.59 Å². The van der Waals surface area contributed by atoms with Gasteiger partial charge < -0.3 is 4.90 Å². The van der Waals surface area contributed by atoms with E-state index in [1.807, 2.05) is 6.92 Å². The molecule has 0 aromatic heterocycles. The van der Waals surface area contributed by atoms with E-state index in [2.05, 4.69) is 5.32 Å². The molecule has 0 spiro atoms. The molecule has 0 aliphatic carbocycles. The largest absolute Gasteiger partial charge is 0.315 e. The second-order valence-corrected chi connectivity index (χ2v) is 3.74. The molecular formula is C9H14N2O2. The van der Waals surface area contributed by atoms with Gasteiger partial charge in [0.15, 0.2) is 5.78 Å². The summed E-state index contributed by atoms with van der Waals surface area (Å²) in [5.41, 5.74) is 0. The van der Waals surface area contributed by atoms with Gasteiger partial charge in [-0.15, -0.1) is 0 Å². The first-order chi connectivity index (χ1) is 6.16. The molecule has 4 heteroatoms. The topological polar surface area (TPSA) is 49.4 Å². The normalized spacial score (nSPS) is 37.2. The molecule has 0 radical (unpaired) electrons. The molecule has 0 aromatic rings. The molecule has 1 amide bonds. The highest BCUT2D eigenvalue weighted by Gasteiger charge is 2.53. The Hall–Kier alpha value is -0.900. The minimum atomic E-state index is -0.208. The Labute approximate surface area is 77.3 Å². The van der Waals surface area contributed by atoms with E-state index in [1.165, 1.54) is 0 Å². The Bertz CT molecular complexity index is 264. The van der Waals surface area contributed by atoms with Crippen molar-refractivity contribution in [2.24, 2.45) is 5.92 Å². The van der Waals surface area contributed by atoms with E-state index in [1.54, 1.807) is 11.8 Å². The van der Waals surface area contributed by atoms with E-state index in [0.29, 0.717) is 6.54 Å². The molecular weight excluding hydrogens is 168 g/mol. The minimum absolute atomic E-state index is 0.0814. The fourth-order valence-corrected chi connectivity index (χ4v) is 2.23. The molecule has 2 aliphatic heterocycles. The van der Waals surface area contributed by atoms with Crippen LogP contribution in [-0.4, -0.2) is 35.3 Å². The highest BCUT2D eigenvalue weighted by atomic mass is 16.2. The minimum Gasteiger partial charge on any atom is -0.315 e. The van der Waals surface area contributed by atoms with Crippen molar-refractivity contribution in [3.63, 3.8) is 0 Å². The van der Waals surface area contributed by atoms with E-state index in [4.69, 9.17) is 0 Å². The van der Waals surface area contributed by atoms with Crippen LogP contribution in [0, 0.1) is 5.92 Å². The summed E-state index contributed by atoms with van der Waals surface area (Å²) in [6.07, 6.45) is 0.990. The van der Waals surface area contributed by atoms with E-state index in [9.17, 15) is 9.59 Å². The molecule has 0 bridgehead atoms. The predicted molar refractivity (Wildman–Crippen MR) is 46.9 cm³/mol. The lowest BCUT2D eigenvalue weighted by Gasteiger charge is -2.43. The Kier molecular flexibility index (Phi) is 1.87. The van der Waals surface area contributed by atoms with Gasteiger partial charge in [-0.2, -0.15) is 0 Å². The summed E-state index contributed by atoms with van der Waals surface area (Å²) < 4.78 is 0. The van der Waals surface area contributed by atoms with E-state index in [-0.39, 0.29) is 29.8 Å². The Morgan fingerprint density at radius 1 is 1.69 bits per heavy atom. The van der Waals surface area contributed by atoms with Crippen LogP contribution in [0.3, 0.4) is 0 Å². The van der Waals surface area contributed by atoms with Crippen molar-refractivity contribution in [1.82, 2.24) is 10.2 Å². The molecule has 3 atom stereocenters. The van der Waals surface area contributed by atoms with Gasteiger partial charge in [0.1, 0.15) is 6.04 Å². The van der Waals surface area contributed by atoms with Crippen molar-refractivity contribution in [2.45, 2.75) is 32.5 Å². The van der Waals surface area contributed by atoms with Crippen molar-refractivity contribution in [1.29, 1.82) is 0 Å². The van der Waals surface area contributed by atoms with Crippen LogP contribution in [0.5, 0.6) is 0 Å². The predicted octanol–water partition coefficient (Wildman–Crippen LogP) is -0.258. The fraction of sp³-hybridized carbons (Fsp3) is 0.778. The number of carbonyl (C=O) groups is 2. The van der Waals surface area contributed by atoms with Crippen molar-refractivity contribution >= 4 is 11.7 Å². The van der Waals surface area contributed by atoms with Gasteiger partial charge in [-0.3, -0.25) is 14.9 Å². The number of fused-ring (bicyclic) bond motifs is 1. The summed E-state index contributed by atoms with van der Waals surface area (Å²) in [6, 6.07) is -0.208. The lowest BCUT2D eigenvalue weighted by Crippen LogP contribution is -2.63. The van der Waals surface area contributed by atoms with Crippen LogP contribution in [0.15, 0.2) is 0 Å². The van der Waals surface area contributed by atoms with Crippen LogP contribution < -0.4 is 5.32 Å². The maximum Gasteiger partial charge on any atom is 0.231 e. The number of β-lactam (4-membered cyclic amide) rings is 1. The summed E-state index contributed by atoms with van der Waals surface area (Å²) in [7, 11) is 0. The van der Waals surface area contributed by atoms with Gasteiger partial charge in [0.05, 0.1) is 12.1 Å².